The van der Waals surface area contributed by atoms with E-state index >= 15 is 0 Å². The van der Waals surface area contributed by atoms with E-state index in [9.17, 15) is 13.6 Å². The summed E-state index contributed by atoms with van der Waals surface area (Å²) < 4.78 is 26.6. The second-order valence-corrected chi connectivity index (χ2v) is 6.27. The number of anilines is 3. The molecule has 1 aromatic heterocycles. The van der Waals surface area contributed by atoms with Crippen molar-refractivity contribution in [2.24, 2.45) is 0 Å². The average molecular weight is 368 g/mol. The lowest BCUT2D eigenvalue weighted by Crippen LogP contribution is -2.14. The Morgan fingerprint density at radius 3 is 2.19 bits per heavy atom. The van der Waals surface area contributed by atoms with Crippen LogP contribution in [0.3, 0.4) is 0 Å². The zero-order chi connectivity index (χ0) is 19.6. The molecule has 3 aromatic rings. The number of nitrogens with zero attached hydrogens (tertiary/aromatic N) is 2. The molecule has 27 heavy (non-hydrogen) atoms. The Hall–Kier alpha value is -3.35. The quantitative estimate of drug-likeness (QED) is 0.702. The van der Waals surface area contributed by atoms with Crippen LogP contribution in [-0.4, -0.2) is 15.9 Å². The fourth-order valence-corrected chi connectivity index (χ4v) is 2.78. The van der Waals surface area contributed by atoms with Crippen LogP contribution in [0.25, 0.3) is 0 Å². The molecule has 0 fully saturated rings. The zero-order valence-corrected chi connectivity index (χ0v) is 15.1. The van der Waals surface area contributed by atoms with Crippen molar-refractivity contribution >= 4 is 23.2 Å². The predicted octanol–water partition coefficient (Wildman–Crippen LogP) is 4.68. The van der Waals surface area contributed by atoms with Crippen LogP contribution in [0.15, 0.2) is 42.7 Å². The van der Waals surface area contributed by atoms with Crippen LogP contribution in [0.5, 0.6) is 0 Å². The van der Waals surface area contributed by atoms with Gasteiger partial charge >= 0.3 is 0 Å². The Kier molecular flexibility index (Phi) is 5.12. The minimum Gasteiger partial charge on any atom is -0.324 e. The molecule has 138 valence electrons. The molecule has 0 saturated carbocycles. The summed E-state index contributed by atoms with van der Waals surface area (Å²) >= 11 is 0. The SMILES string of the molecule is Cc1cc(C)c(Nc2ncc(C(=O)Nc3ccc(F)cc3F)cn2)c(C)c1. The van der Waals surface area contributed by atoms with E-state index in [1.54, 1.807) is 0 Å². The number of hydrogen-bond donors (Lipinski definition) is 2. The molecule has 1 amide bonds. The Labute approximate surface area is 155 Å². The number of halogens is 2. The molecule has 0 atom stereocenters. The third-order valence-corrected chi connectivity index (χ3v) is 4.01. The molecule has 0 saturated heterocycles. The summed E-state index contributed by atoms with van der Waals surface area (Å²) in [6, 6.07) is 7.02. The fraction of sp³-hybridized carbons (Fsp3) is 0.150. The van der Waals surface area contributed by atoms with E-state index in [1.165, 1.54) is 12.4 Å². The highest BCUT2D eigenvalue weighted by Gasteiger charge is 2.12. The van der Waals surface area contributed by atoms with Crippen molar-refractivity contribution in [3.05, 3.63) is 76.6 Å². The molecule has 0 unspecified atom stereocenters. The van der Waals surface area contributed by atoms with Crippen LogP contribution >= 0.6 is 0 Å². The maximum absolute atomic E-state index is 13.6. The van der Waals surface area contributed by atoms with Gasteiger partial charge in [0.15, 0.2) is 0 Å². The van der Waals surface area contributed by atoms with E-state index in [4.69, 9.17) is 0 Å². The minimum atomic E-state index is -0.854. The van der Waals surface area contributed by atoms with E-state index < -0.39 is 17.5 Å². The molecule has 5 nitrogen and oxygen atoms in total. The number of amides is 1. The van der Waals surface area contributed by atoms with E-state index in [0.29, 0.717) is 12.0 Å². The fourth-order valence-electron chi connectivity index (χ4n) is 2.78. The van der Waals surface area contributed by atoms with E-state index in [2.05, 4.69) is 20.6 Å². The summed E-state index contributed by atoms with van der Waals surface area (Å²) in [6.45, 7) is 6.00. The highest BCUT2D eigenvalue weighted by Crippen LogP contribution is 2.24. The predicted molar refractivity (Wildman–Crippen MR) is 100 cm³/mol. The molecule has 0 aliphatic rings. The first-order valence-corrected chi connectivity index (χ1v) is 8.27. The number of carbonyl (C=O) groups excluding carboxylic acids is 1. The van der Waals surface area contributed by atoms with Gasteiger partial charge in [-0.3, -0.25) is 4.79 Å². The van der Waals surface area contributed by atoms with Crippen molar-refractivity contribution in [1.29, 1.82) is 0 Å². The van der Waals surface area contributed by atoms with Crippen molar-refractivity contribution in [1.82, 2.24) is 9.97 Å². The summed E-state index contributed by atoms with van der Waals surface area (Å²) in [7, 11) is 0. The number of benzene rings is 2. The molecular formula is C20H18F2N4O. The third kappa shape index (κ3) is 4.25. The van der Waals surface area contributed by atoms with Crippen molar-refractivity contribution in [2.45, 2.75) is 20.8 Å². The van der Waals surface area contributed by atoms with Gasteiger partial charge in [0, 0.05) is 24.1 Å². The van der Waals surface area contributed by atoms with Crippen LogP contribution in [0.1, 0.15) is 27.0 Å². The number of rotatable bonds is 4. The number of aromatic nitrogens is 2. The second-order valence-electron chi connectivity index (χ2n) is 6.27. The molecule has 0 radical (unpaired) electrons. The summed E-state index contributed by atoms with van der Waals surface area (Å²) in [5.74, 6) is -1.82. The summed E-state index contributed by atoms with van der Waals surface area (Å²) in [6.07, 6.45) is 2.68. The van der Waals surface area contributed by atoms with Crippen LogP contribution in [-0.2, 0) is 0 Å². The van der Waals surface area contributed by atoms with Gasteiger partial charge in [0.2, 0.25) is 5.95 Å². The molecular weight excluding hydrogens is 350 g/mol. The lowest BCUT2D eigenvalue weighted by atomic mass is 10.1. The summed E-state index contributed by atoms with van der Waals surface area (Å²) in [5, 5.41) is 5.51. The lowest BCUT2D eigenvalue weighted by molar-refractivity contribution is 0.102. The van der Waals surface area contributed by atoms with Crippen molar-refractivity contribution in [3.63, 3.8) is 0 Å². The Bertz CT molecular complexity index is 980. The van der Waals surface area contributed by atoms with Gasteiger partial charge in [-0.25, -0.2) is 18.7 Å². The van der Waals surface area contributed by atoms with E-state index in [0.717, 1.165) is 34.5 Å². The first-order valence-electron chi connectivity index (χ1n) is 8.27. The maximum atomic E-state index is 13.6. The molecule has 0 aliphatic carbocycles. The molecule has 0 bridgehead atoms. The smallest absolute Gasteiger partial charge is 0.258 e. The van der Waals surface area contributed by atoms with Gasteiger partial charge in [-0.1, -0.05) is 17.7 Å². The van der Waals surface area contributed by atoms with Crippen LogP contribution in [0, 0.1) is 32.4 Å². The van der Waals surface area contributed by atoms with Gasteiger partial charge in [0.25, 0.3) is 5.91 Å². The van der Waals surface area contributed by atoms with Crippen LogP contribution < -0.4 is 10.6 Å². The zero-order valence-electron chi connectivity index (χ0n) is 15.1. The van der Waals surface area contributed by atoms with Crippen molar-refractivity contribution in [2.75, 3.05) is 10.6 Å². The highest BCUT2D eigenvalue weighted by atomic mass is 19.1. The van der Waals surface area contributed by atoms with E-state index in [-0.39, 0.29) is 11.3 Å². The standard InChI is InChI=1S/C20H18F2N4O/c1-11-6-12(2)18(13(3)7-11)26-20-23-9-14(10-24-20)19(27)25-17-5-4-15(21)8-16(17)22/h4-10H,1-3H3,(H,25,27)(H,23,24,26). The average Bonchev–Trinajstić information content (AvgIpc) is 2.61. The largest absolute Gasteiger partial charge is 0.324 e. The van der Waals surface area contributed by atoms with Gasteiger partial charge in [-0.05, 0) is 44.0 Å². The second kappa shape index (κ2) is 7.49. The molecule has 0 spiro atoms. The van der Waals surface area contributed by atoms with Gasteiger partial charge in [-0.15, -0.1) is 0 Å². The van der Waals surface area contributed by atoms with Crippen LogP contribution in [0.2, 0.25) is 0 Å². The first-order chi connectivity index (χ1) is 12.8. The Balaban J connectivity index is 1.74. The molecule has 3 rings (SSSR count). The Morgan fingerprint density at radius 2 is 1.59 bits per heavy atom. The number of nitrogens with one attached hydrogen (secondary N) is 2. The van der Waals surface area contributed by atoms with E-state index in [1.807, 2.05) is 32.9 Å². The first kappa shape index (κ1) is 18.4. The molecule has 2 aromatic carbocycles. The minimum absolute atomic E-state index is 0.116. The molecule has 1 heterocycles. The highest BCUT2D eigenvalue weighted by molar-refractivity contribution is 6.04. The van der Waals surface area contributed by atoms with Gasteiger partial charge in [0.05, 0.1) is 11.3 Å². The number of carbonyl (C=O) groups is 1. The van der Waals surface area contributed by atoms with Crippen molar-refractivity contribution < 1.29 is 13.6 Å². The van der Waals surface area contributed by atoms with Crippen molar-refractivity contribution in [3.8, 4) is 0 Å². The van der Waals surface area contributed by atoms with Gasteiger partial charge in [0.1, 0.15) is 11.6 Å². The number of aryl methyl sites for hydroxylation is 3. The molecule has 2 N–H and O–H groups in total. The summed E-state index contributed by atoms with van der Waals surface area (Å²) in [5.41, 5.74) is 4.23. The molecule has 7 heteroatoms. The van der Waals surface area contributed by atoms with Gasteiger partial charge in [-0.2, -0.15) is 0 Å². The number of hydrogen-bond acceptors (Lipinski definition) is 4. The summed E-state index contributed by atoms with van der Waals surface area (Å²) in [4.78, 5) is 20.5. The monoisotopic (exact) mass is 368 g/mol. The maximum Gasteiger partial charge on any atom is 0.258 e. The molecule has 0 aliphatic heterocycles. The topological polar surface area (TPSA) is 66.9 Å². The Morgan fingerprint density at radius 1 is 0.963 bits per heavy atom. The third-order valence-electron chi connectivity index (χ3n) is 4.01. The lowest BCUT2D eigenvalue weighted by Gasteiger charge is -2.13. The normalized spacial score (nSPS) is 10.6. The van der Waals surface area contributed by atoms with Crippen LogP contribution in [0.4, 0.5) is 26.1 Å². The van der Waals surface area contributed by atoms with Gasteiger partial charge < -0.3 is 10.6 Å².